The first-order valence-corrected chi connectivity index (χ1v) is 8.53. The van der Waals surface area contributed by atoms with E-state index in [9.17, 15) is 15.0 Å². The van der Waals surface area contributed by atoms with E-state index in [1.54, 1.807) is 25.1 Å². The fraction of sp³-hybridized carbons (Fsp3) is 0.0526. The van der Waals surface area contributed by atoms with Gasteiger partial charge < -0.3 is 15.7 Å². The summed E-state index contributed by atoms with van der Waals surface area (Å²) in [5.74, 6) is -0.552. The minimum absolute atomic E-state index is 0. The van der Waals surface area contributed by atoms with E-state index in [1.807, 2.05) is 30.3 Å². The van der Waals surface area contributed by atoms with E-state index in [0.29, 0.717) is 17.2 Å². The van der Waals surface area contributed by atoms with Gasteiger partial charge in [0.25, 0.3) is 0 Å². The number of phenolic OH excluding ortho intramolecular Hbond substituents is 1. The molecule has 0 saturated heterocycles. The molecule has 3 rings (SSSR count). The summed E-state index contributed by atoms with van der Waals surface area (Å²) in [6, 6.07) is 17.5. The molecule has 0 fully saturated rings. The Kier molecular flexibility index (Phi) is 6.53. The molecule has 0 atom stereocenters. The number of hydrogen-bond acceptors (Lipinski definition) is 5. The largest absolute Gasteiger partial charge is 0.508 e. The van der Waals surface area contributed by atoms with Gasteiger partial charge in [0, 0.05) is 4.88 Å². The van der Waals surface area contributed by atoms with Crippen molar-refractivity contribution < 1.29 is 20.5 Å². The van der Waals surface area contributed by atoms with Crippen molar-refractivity contribution >= 4 is 34.5 Å². The van der Waals surface area contributed by atoms with Gasteiger partial charge in [0.15, 0.2) is 0 Å². The number of carboxylic acid groups (broad SMARTS) is 1. The lowest BCUT2D eigenvalue weighted by Gasteiger charge is -1.95. The van der Waals surface area contributed by atoms with Crippen molar-refractivity contribution in [3.05, 3.63) is 65.5 Å². The summed E-state index contributed by atoms with van der Waals surface area (Å²) in [5, 5.41) is 26.7. The van der Waals surface area contributed by atoms with Gasteiger partial charge in [-0.25, -0.2) is 9.79 Å². The number of phenols is 1. The van der Waals surface area contributed by atoms with E-state index in [2.05, 4.69) is 15.2 Å². The minimum Gasteiger partial charge on any atom is -0.508 e. The molecule has 0 amide bonds. The van der Waals surface area contributed by atoms with Gasteiger partial charge in [0.05, 0.1) is 11.4 Å². The quantitative estimate of drug-likeness (QED) is 0.380. The fourth-order valence-electron chi connectivity index (χ4n) is 2.21. The lowest BCUT2D eigenvalue weighted by molar-refractivity contribution is 0.0703. The van der Waals surface area contributed by atoms with Crippen LogP contribution in [-0.4, -0.2) is 27.5 Å². The predicted octanol–water partition coefficient (Wildman–Crippen LogP) is 4.83. The number of amidine groups is 1. The molecule has 2 aromatic carbocycles. The number of benzene rings is 2. The highest BCUT2D eigenvalue weighted by atomic mass is 32.1. The predicted molar refractivity (Wildman–Crippen MR) is 106 cm³/mol. The first kappa shape index (κ1) is 20.0. The van der Waals surface area contributed by atoms with Gasteiger partial charge in [0.2, 0.25) is 0 Å². The molecule has 0 unspecified atom stereocenters. The summed E-state index contributed by atoms with van der Waals surface area (Å²) in [7, 11) is 0. The fourth-order valence-corrected chi connectivity index (χ4v) is 3.15. The summed E-state index contributed by atoms with van der Waals surface area (Å²) in [5.41, 5.74) is 1.85. The average Bonchev–Trinajstić information content (AvgIpc) is 3.06. The van der Waals surface area contributed by atoms with E-state index in [0.717, 1.165) is 10.4 Å². The number of carbonyl (C=O) groups is 1. The maximum atomic E-state index is 11.5. The van der Waals surface area contributed by atoms with Crippen molar-refractivity contribution in [1.82, 2.24) is 0 Å². The highest BCUT2D eigenvalue weighted by Gasteiger charge is 2.16. The third kappa shape index (κ3) is 5.06. The smallest absolute Gasteiger partial charge is 0.348 e. The topological polar surface area (TPSA) is 126 Å². The van der Waals surface area contributed by atoms with Crippen LogP contribution < -0.4 is 0 Å². The van der Waals surface area contributed by atoms with Gasteiger partial charge in [-0.2, -0.15) is 0 Å². The highest BCUT2D eigenvalue weighted by molar-refractivity contribution is 7.17. The summed E-state index contributed by atoms with van der Waals surface area (Å²) in [4.78, 5) is 16.8. The number of nitrogens with zero attached hydrogens (tertiary/aromatic N) is 3. The van der Waals surface area contributed by atoms with Gasteiger partial charge in [-0.15, -0.1) is 21.6 Å². The Hall–Kier alpha value is -3.36. The lowest BCUT2D eigenvalue weighted by atomic mass is 10.2. The van der Waals surface area contributed by atoms with Crippen LogP contribution in [0.5, 0.6) is 5.75 Å². The molecule has 0 bridgehead atoms. The molecule has 0 aliphatic heterocycles. The number of aromatic hydroxyl groups is 1. The minimum atomic E-state index is -1.03. The third-order valence-corrected chi connectivity index (χ3v) is 4.57. The molecule has 8 heteroatoms. The van der Waals surface area contributed by atoms with Crippen LogP contribution in [0.4, 0.5) is 11.4 Å². The Balaban J connectivity index is 0.00000261. The van der Waals surface area contributed by atoms with Gasteiger partial charge >= 0.3 is 5.97 Å². The average molecular weight is 383 g/mol. The van der Waals surface area contributed by atoms with Crippen LogP contribution >= 0.6 is 11.3 Å². The Bertz CT molecular complexity index is 980. The SMILES string of the molecule is CC(N=Nc1ccc(O)cc1)=Nc1cc(-c2ccccc2)sc1C(=O)O.O. The summed E-state index contributed by atoms with van der Waals surface area (Å²) in [6.07, 6.45) is 0. The molecule has 1 aromatic heterocycles. The maximum Gasteiger partial charge on any atom is 0.348 e. The van der Waals surface area contributed by atoms with E-state index in [4.69, 9.17) is 0 Å². The van der Waals surface area contributed by atoms with Crippen molar-refractivity contribution in [2.24, 2.45) is 15.2 Å². The number of aromatic carboxylic acids is 1. The number of aliphatic imine (C=N–C) groups is 1. The monoisotopic (exact) mass is 383 g/mol. The van der Waals surface area contributed by atoms with Crippen molar-refractivity contribution in [2.75, 3.05) is 0 Å². The molecule has 27 heavy (non-hydrogen) atoms. The molecule has 0 aliphatic carbocycles. The molecule has 0 spiro atoms. The maximum absolute atomic E-state index is 11.5. The molecule has 4 N–H and O–H groups in total. The van der Waals surface area contributed by atoms with Crippen molar-refractivity contribution in [1.29, 1.82) is 0 Å². The van der Waals surface area contributed by atoms with Crippen LogP contribution in [0.15, 0.2) is 75.9 Å². The molecule has 7 nitrogen and oxygen atoms in total. The third-order valence-electron chi connectivity index (χ3n) is 3.41. The molecule has 138 valence electrons. The highest BCUT2D eigenvalue weighted by Crippen LogP contribution is 2.36. The Morgan fingerprint density at radius 3 is 2.33 bits per heavy atom. The van der Waals surface area contributed by atoms with Crippen LogP contribution in [0.25, 0.3) is 10.4 Å². The molecule has 1 heterocycles. The van der Waals surface area contributed by atoms with Crippen LogP contribution in [0.1, 0.15) is 16.6 Å². The summed E-state index contributed by atoms with van der Waals surface area (Å²) >= 11 is 1.17. The second-order valence-electron chi connectivity index (χ2n) is 5.37. The van der Waals surface area contributed by atoms with Gasteiger partial charge in [-0.3, -0.25) is 0 Å². The Labute approximate surface area is 159 Å². The number of hydrogen-bond donors (Lipinski definition) is 2. The van der Waals surface area contributed by atoms with Crippen LogP contribution in [-0.2, 0) is 0 Å². The molecule has 3 aromatic rings. The molecular weight excluding hydrogens is 366 g/mol. The molecule has 0 saturated carbocycles. The van der Waals surface area contributed by atoms with Gasteiger partial charge in [-0.05, 0) is 42.8 Å². The number of rotatable bonds is 4. The normalized spacial score (nSPS) is 11.4. The summed E-state index contributed by atoms with van der Waals surface area (Å²) < 4.78 is 0. The van der Waals surface area contributed by atoms with E-state index < -0.39 is 5.97 Å². The van der Waals surface area contributed by atoms with Crippen LogP contribution in [0, 0.1) is 0 Å². The van der Waals surface area contributed by atoms with E-state index in [1.165, 1.54) is 23.5 Å². The molecule has 0 radical (unpaired) electrons. The van der Waals surface area contributed by atoms with Crippen LogP contribution in [0.2, 0.25) is 0 Å². The molecule has 0 aliphatic rings. The zero-order chi connectivity index (χ0) is 18.5. The number of thiophene rings is 1. The zero-order valence-corrected chi connectivity index (χ0v) is 15.1. The second kappa shape index (κ2) is 8.84. The van der Waals surface area contributed by atoms with E-state index >= 15 is 0 Å². The Morgan fingerprint density at radius 2 is 1.70 bits per heavy atom. The first-order chi connectivity index (χ1) is 12.5. The molecular formula is C19H17N3O4S. The van der Waals surface area contributed by atoms with E-state index in [-0.39, 0.29) is 16.1 Å². The second-order valence-corrected chi connectivity index (χ2v) is 6.42. The van der Waals surface area contributed by atoms with Gasteiger partial charge in [0.1, 0.15) is 16.5 Å². The van der Waals surface area contributed by atoms with Crippen molar-refractivity contribution in [3.8, 4) is 16.2 Å². The number of carboxylic acids is 1. The lowest BCUT2D eigenvalue weighted by Crippen LogP contribution is -1.92. The zero-order valence-electron chi connectivity index (χ0n) is 14.3. The van der Waals surface area contributed by atoms with Crippen molar-refractivity contribution in [2.45, 2.75) is 6.92 Å². The number of azo groups is 1. The standard InChI is InChI=1S/C19H15N3O3S.H2O/c1-12(21-22-14-7-9-15(23)10-8-14)20-16-11-17(26-18(16)19(24)25)13-5-3-2-4-6-13;/h2-11,23H,1H3,(H,24,25);1H2. The Morgan fingerprint density at radius 1 is 1.04 bits per heavy atom. The van der Waals surface area contributed by atoms with Crippen molar-refractivity contribution in [3.63, 3.8) is 0 Å². The van der Waals surface area contributed by atoms with Gasteiger partial charge in [-0.1, -0.05) is 30.3 Å². The first-order valence-electron chi connectivity index (χ1n) is 7.71. The van der Waals surface area contributed by atoms with Crippen LogP contribution in [0.3, 0.4) is 0 Å². The summed E-state index contributed by atoms with van der Waals surface area (Å²) in [6.45, 7) is 1.65.